The van der Waals surface area contributed by atoms with Crippen LogP contribution in [0.3, 0.4) is 0 Å². The van der Waals surface area contributed by atoms with Crippen LogP contribution in [0.15, 0.2) is 11.6 Å². The molecule has 1 rings (SSSR count). The summed E-state index contributed by atoms with van der Waals surface area (Å²) < 4.78 is 0. The van der Waals surface area contributed by atoms with Crippen LogP contribution in [0.25, 0.3) is 0 Å². The first kappa shape index (κ1) is 9.63. The minimum absolute atomic E-state index is 0.125. The van der Waals surface area contributed by atoms with Crippen molar-refractivity contribution in [3.05, 3.63) is 11.6 Å². The van der Waals surface area contributed by atoms with Crippen LogP contribution in [0.2, 0.25) is 0 Å². The molecule has 4 atom stereocenters. The van der Waals surface area contributed by atoms with E-state index in [4.69, 9.17) is 20.4 Å². The standard InChI is InChI=1S/C7H12O5/c8-2-3-1-4(9)6(11)7(12)5(3)10/h1,4-12H,2H2/t4-,5-,6-,7-/m0/s1. The van der Waals surface area contributed by atoms with Gasteiger partial charge in [0.25, 0.3) is 0 Å². The Morgan fingerprint density at radius 1 is 1.08 bits per heavy atom. The van der Waals surface area contributed by atoms with E-state index in [1.54, 1.807) is 0 Å². The van der Waals surface area contributed by atoms with E-state index >= 15 is 0 Å². The van der Waals surface area contributed by atoms with Gasteiger partial charge in [0.05, 0.1) is 6.61 Å². The minimum atomic E-state index is -1.44. The lowest BCUT2D eigenvalue weighted by atomic mass is 9.90. The van der Waals surface area contributed by atoms with Gasteiger partial charge in [-0.3, -0.25) is 0 Å². The van der Waals surface area contributed by atoms with E-state index in [1.807, 2.05) is 0 Å². The van der Waals surface area contributed by atoms with Crippen molar-refractivity contribution in [3.63, 3.8) is 0 Å². The molecular weight excluding hydrogens is 164 g/mol. The van der Waals surface area contributed by atoms with Crippen molar-refractivity contribution in [1.29, 1.82) is 0 Å². The molecule has 0 fully saturated rings. The lowest BCUT2D eigenvalue weighted by Crippen LogP contribution is -2.48. The SMILES string of the molecule is OCC1=C[C@H](O)[C@H](O)[C@@H](O)[C@H]1O. The predicted molar refractivity (Wildman–Crippen MR) is 39.2 cm³/mol. The van der Waals surface area contributed by atoms with Crippen molar-refractivity contribution in [2.75, 3.05) is 6.61 Å². The highest BCUT2D eigenvalue weighted by molar-refractivity contribution is 5.19. The summed E-state index contributed by atoms with van der Waals surface area (Å²) in [5.74, 6) is 0. The molecule has 0 saturated heterocycles. The Kier molecular flexibility index (Phi) is 2.81. The van der Waals surface area contributed by atoms with Gasteiger partial charge in [-0.2, -0.15) is 0 Å². The van der Waals surface area contributed by atoms with Crippen molar-refractivity contribution >= 4 is 0 Å². The van der Waals surface area contributed by atoms with E-state index in [9.17, 15) is 5.11 Å². The number of hydrogen-bond acceptors (Lipinski definition) is 5. The first-order valence-corrected chi connectivity index (χ1v) is 3.61. The molecule has 5 nitrogen and oxygen atoms in total. The molecule has 0 bridgehead atoms. The van der Waals surface area contributed by atoms with Gasteiger partial charge in [-0.05, 0) is 11.6 Å². The Labute approximate surface area is 69.2 Å². The summed E-state index contributed by atoms with van der Waals surface area (Å²) in [5.41, 5.74) is 0.125. The highest BCUT2D eigenvalue weighted by atomic mass is 16.4. The van der Waals surface area contributed by atoms with E-state index in [-0.39, 0.29) is 5.57 Å². The van der Waals surface area contributed by atoms with Crippen LogP contribution < -0.4 is 0 Å². The van der Waals surface area contributed by atoms with Crippen LogP contribution in [-0.2, 0) is 0 Å². The van der Waals surface area contributed by atoms with Gasteiger partial charge in [0.15, 0.2) is 0 Å². The maximum Gasteiger partial charge on any atom is 0.112 e. The summed E-state index contributed by atoms with van der Waals surface area (Å²) >= 11 is 0. The second-order valence-corrected chi connectivity index (χ2v) is 2.82. The van der Waals surface area contributed by atoms with Crippen molar-refractivity contribution in [1.82, 2.24) is 0 Å². The molecule has 12 heavy (non-hydrogen) atoms. The Balaban J connectivity index is 2.84. The molecule has 0 aliphatic heterocycles. The fourth-order valence-electron chi connectivity index (χ4n) is 1.17. The number of aliphatic hydroxyl groups excluding tert-OH is 5. The molecule has 1 aliphatic carbocycles. The number of aliphatic hydroxyl groups is 5. The summed E-state index contributed by atoms with van der Waals surface area (Å²) in [4.78, 5) is 0. The van der Waals surface area contributed by atoms with Gasteiger partial charge >= 0.3 is 0 Å². The van der Waals surface area contributed by atoms with Crippen LogP contribution in [0.4, 0.5) is 0 Å². The number of hydrogen-bond donors (Lipinski definition) is 5. The predicted octanol–water partition coefficient (Wildman–Crippen LogP) is -2.64. The first-order chi connectivity index (χ1) is 5.57. The lowest BCUT2D eigenvalue weighted by Gasteiger charge is -2.31. The molecule has 0 unspecified atom stereocenters. The molecule has 1 aliphatic rings. The third kappa shape index (κ3) is 1.50. The van der Waals surface area contributed by atoms with Crippen LogP contribution in [0, 0.1) is 0 Å². The maximum atomic E-state index is 9.18. The first-order valence-electron chi connectivity index (χ1n) is 3.61. The summed E-state index contributed by atoms with van der Waals surface area (Å²) in [7, 11) is 0. The van der Waals surface area contributed by atoms with Crippen molar-refractivity contribution in [2.45, 2.75) is 24.4 Å². The largest absolute Gasteiger partial charge is 0.392 e. The zero-order valence-electron chi connectivity index (χ0n) is 6.33. The molecule has 0 saturated carbocycles. The topological polar surface area (TPSA) is 101 Å². The van der Waals surface area contributed by atoms with Gasteiger partial charge in [0.1, 0.15) is 24.4 Å². The second kappa shape index (κ2) is 3.51. The Hall–Kier alpha value is -0.460. The molecular formula is C7H12O5. The molecule has 0 heterocycles. The average molecular weight is 176 g/mol. The molecule has 5 N–H and O–H groups in total. The van der Waals surface area contributed by atoms with Gasteiger partial charge in [-0.1, -0.05) is 0 Å². The summed E-state index contributed by atoms with van der Waals surface area (Å²) in [5, 5.41) is 45.0. The third-order valence-corrected chi connectivity index (χ3v) is 1.97. The van der Waals surface area contributed by atoms with Crippen LogP contribution >= 0.6 is 0 Å². The van der Waals surface area contributed by atoms with E-state index in [0.717, 1.165) is 6.08 Å². The molecule has 0 aromatic heterocycles. The van der Waals surface area contributed by atoms with Crippen molar-refractivity contribution in [3.8, 4) is 0 Å². The quantitative estimate of drug-likeness (QED) is 0.281. The van der Waals surface area contributed by atoms with Crippen LogP contribution in [-0.4, -0.2) is 56.6 Å². The Bertz CT molecular complexity index is 190. The summed E-state index contributed by atoms with van der Waals surface area (Å²) in [6.07, 6.45) is -4.22. The van der Waals surface area contributed by atoms with Crippen molar-refractivity contribution in [2.24, 2.45) is 0 Å². The Morgan fingerprint density at radius 3 is 2.17 bits per heavy atom. The van der Waals surface area contributed by atoms with E-state index in [1.165, 1.54) is 0 Å². The fraction of sp³-hybridized carbons (Fsp3) is 0.714. The molecule has 0 aromatic carbocycles. The smallest absolute Gasteiger partial charge is 0.112 e. The molecule has 0 aromatic rings. The van der Waals surface area contributed by atoms with E-state index in [0.29, 0.717) is 0 Å². The van der Waals surface area contributed by atoms with Crippen LogP contribution in [0.1, 0.15) is 0 Å². The molecule has 0 amide bonds. The zero-order chi connectivity index (χ0) is 9.30. The maximum absolute atomic E-state index is 9.18. The summed E-state index contributed by atoms with van der Waals surface area (Å²) in [6.45, 7) is -0.442. The molecule has 70 valence electrons. The monoisotopic (exact) mass is 176 g/mol. The highest BCUT2D eigenvalue weighted by Gasteiger charge is 2.35. The second-order valence-electron chi connectivity index (χ2n) is 2.82. The fourth-order valence-corrected chi connectivity index (χ4v) is 1.17. The molecule has 0 spiro atoms. The van der Waals surface area contributed by atoms with Crippen molar-refractivity contribution < 1.29 is 25.5 Å². The van der Waals surface area contributed by atoms with Crippen LogP contribution in [0.5, 0.6) is 0 Å². The average Bonchev–Trinajstić information content (AvgIpc) is 2.08. The van der Waals surface area contributed by atoms with Gasteiger partial charge in [-0.15, -0.1) is 0 Å². The lowest BCUT2D eigenvalue weighted by molar-refractivity contribution is -0.0948. The van der Waals surface area contributed by atoms with Gasteiger partial charge < -0.3 is 25.5 Å². The third-order valence-electron chi connectivity index (χ3n) is 1.97. The number of rotatable bonds is 1. The summed E-state index contributed by atoms with van der Waals surface area (Å²) in [6, 6.07) is 0. The highest BCUT2D eigenvalue weighted by Crippen LogP contribution is 2.19. The van der Waals surface area contributed by atoms with E-state index < -0.39 is 31.0 Å². The normalized spacial score (nSPS) is 42.6. The molecule has 0 radical (unpaired) electrons. The Morgan fingerprint density at radius 2 is 1.67 bits per heavy atom. The van der Waals surface area contributed by atoms with Gasteiger partial charge in [0, 0.05) is 0 Å². The van der Waals surface area contributed by atoms with E-state index in [2.05, 4.69) is 0 Å². The molecule has 5 heteroatoms. The minimum Gasteiger partial charge on any atom is -0.392 e. The van der Waals surface area contributed by atoms with Gasteiger partial charge in [0.2, 0.25) is 0 Å². The van der Waals surface area contributed by atoms with Gasteiger partial charge in [-0.25, -0.2) is 0 Å². The zero-order valence-corrected chi connectivity index (χ0v) is 6.33.